The van der Waals surface area contributed by atoms with Crippen molar-refractivity contribution in [3.8, 4) is 0 Å². The molecule has 0 fully saturated rings. The first kappa shape index (κ1) is 8.50. The van der Waals surface area contributed by atoms with Gasteiger partial charge in [-0.25, -0.2) is 0 Å². The molecule has 8 heavy (non-hydrogen) atoms. The molecule has 2 nitrogen and oxygen atoms in total. The van der Waals surface area contributed by atoms with Gasteiger partial charge in [-0.2, -0.15) is 0 Å². The van der Waals surface area contributed by atoms with Crippen molar-refractivity contribution < 1.29 is 10.2 Å². The normalized spacial score (nSPS) is 11.2. The van der Waals surface area contributed by atoms with E-state index in [-0.39, 0.29) is 11.8 Å². The van der Waals surface area contributed by atoms with Gasteiger partial charge in [0.05, 0.1) is 0 Å². The lowest BCUT2D eigenvalue weighted by Crippen LogP contribution is -2.22. The zero-order valence-corrected chi connectivity index (χ0v) is 5.73. The van der Waals surface area contributed by atoms with E-state index in [0.717, 1.165) is 0 Å². The Morgan fingerprint density at radius 1 is 1.12 bits per heavy atom. The second kappa shape index (κ2) is 4.39. The molecule has 2 N–H and O–H groups in total. The summed E-state index contributed by atoms with van der Waals surface area (Å²) in [6, 6.07) is 0. The quantitative estimate of drug-likeness (QED) is 0.462. The molecule has 0 aromatic rings. The van der Waals surface area contributed by atoms with Crippen LogP contribution >= 0.6 is 23.2 Å². The zero-order valence-electron chi connectivity index (χ0n) is 4.22. The summed E-state index contributed by atoms with van der Waals surface area (Å²) in [5.41, 5.74) is 0. The van der Waals surface area contributed by atoms with Crippen LogP contribution in [-0.4, -0.2) is 28.3 Å². The second-order valence-corrected chi connectivity index (χ2v) is 2.10. The maximum atomic E-state index is 8.40. The molecular weight excluding hydrogens is 151 g/mol. The number of halogens is 2. The van der Waals surface area contributed by atoms with Gasteiger partial charge in [0.2, 0.25) is 0 Å². The van der Waals surface area contributed by atoms with Crippen molar-refractivity contribution in [3.05, 3.63) is 0 Å². The van der Waals surface area contributed by atoms with Crippen LogP contribution in [0.4, 0.5) is 0 Å². The predicted octanol–water partition coefficient (Wildman–Crippen LogP) is 0.391. The van der Waals surface area contributed by atoms with Gasteiger partial charge in [-0.05, 0) is 0 Å². The lowest BCUT2D eigenvalue weighted by Gasteiger charge is -2.10. The van der Waals surface area contributed by atoms with Crippen molar-refractivity contribution >= 4 is 23.2 Å². The lowest BCUT2D eigenvalue weighted by atomic mass is 10.2. The van der Waals surface area contributed by atoms with Crippen LogP contribution in [0.3, 0.4) is 0 Å². The Morgan fingerprint density at radius 2 is 1.50 bits per heavy atom. The minimum absolute atomic E-state index is 0.182. The lowest BCUT2D eigenvalue weighted by molar-refractivity contribution is -0.0710. The summed E-state index contributed by atoms with van der Waals surface area (Å²) in [6.07, 6.45) is -1.38. The average molecular weight is 159 g/mol. The van der Waals surface area contributed by atoms with Gasteiger partial charge < -0.3 is 10.2 Å². The number of hydrogen-bond acceptors (Lipinski definition) is 2. The predicted molar refractivity (Wildman–Crippen MR) is 33.2 cm³/mol. The standard InChI is InChI=1S/C4H8Cl2O2/c5-1-3(2-6)4(7)8/h3-4,7-8H,1-2H2. The third-order valence-corrected chi connectivity index (χ3v) is 1.61. The van der Waals surface area contributed by atoms with Crippen LogP contribution in [0.15, 0.2) is 0 Å². The number of hydrogen-bond donors (Lipinski definition) is 2. The molecule has 0 heterocycles. The molecule has 4 heteroatoms. The first-order chi connectivity index (χ1) is 3.72. The van der Waals surface area contributed by atoms with Crippen LogP contribution in [0.5, 0.6) is 0 Å². The van der Waals surface area contributed by atoms with E-state index in [0.29, 0.717) is 0 Å². The summed E-state index contributed by atoms with van der Waals surface area (Å²) in [7, 11) is 0. The summed E-state index contributed by atoms with van der Waals surface area (Å²) in [4.78, 5) is 0. The van der Waals surface area contributed by atoms with Crippen molar-refractivity contribution in [2.75, 3.05) is 11.8 Å². The molecular formula is C4H8Cl2O2. The second-order valence-electron chi connectivity index (χ2n) is 1.48. The molecule has 0 bridgehead atoms. The van der Waals surface area contributed by atoms with E-state index in [4.69, 9.17) is 33.4 Å². The summed E-state index contributed by atoms with van der Waals surface area (Å²) < 4.78 is 0. The number of alkyl halides is 2. The summed E-state index contributed by atoms with van der Waals surface area (Å²) >= 11 is 10.5. The first-order valence-electron chi connectivity index (χ1n) is 2.20. The van der Waals surface area contributed by atoms with Crippen LogP contribution in [0.2, 0.25) is 0 Å². The highest BCUT2D eigenvalue weighted by atomic mass is 35.5. The molecule has 0 spiro atoms. The Morgan fingerprint density at radius 3 is 1.50 bits per heavy atom. The topological polar surface area (TPSA) is 40.5 Å². The Hall–Kier alpha value is 0.500. The monoisotopic (exact) mass is 158 g/mol. The van der Waals surface area contributed by atoms with E-state index < -0.39 is 12.2 Å². The minimum atomic E-state index is -1.38. The molecule has 0 aliphatic carbocycles. The fraction of sp³-hybridized carbons (Fsp3) is 1.00. The molecule has 0 aromatic heterocycles. The highest BCUT2D eigenvalue weighted by Crippen LogP contribution is 2.05. The van der Waals surface area contributed by atoms with Crippen LogP contribution in [0.1, 0.15) is 0 Å². The van der Waals surface area contributed by atoms with Gasteiger partial charge >= 0.3 is 0 Å². The Bertz CT molecular complexity index is 54.0. The molecule has 0 aliphatic heterocycles. The van der Waals surface area contributed by atoms with Crippen molar-refractivity contribution in [1.82, 2.24) is 0 Å². The molecule has 0 aliphatic rings. The third-order valence-electron chi connectivity index (χ3n) is 0.818. The van der Waals surface area contributed by atoms with E-state index in [1.807, 2.05) is 0 Å². The maximum absolute atomic E-state index is 8.40. The van der Waals surface area contributed by atoms with Crippen molar-refractivity contribution in [3.63, 3.8) is 0 Å². The molecule has 0 rings (SSSR count). The summed E-state index contributed by atoms with van der Waals surface area (Å²) in [5, 5.41) is 16.8. The third kappa shape index (κ3) is 2.72. The molecule has 0 amide bonds. The van der Waals surface area contributed by atoms with Crippen molar-refractivity contribution in [2.45, 2.75) is 6.29 Å². The van der Waals surface area contributed by atoms with E-state index in [9.17, 15) is 0 Å². The summed E-state index contributed by atoms with van der Waals surface area (Å²) in [5.74, 6) is -0.0409. The van der Waals surface area contributed by atoms with Crippen LogP contribution in [0.25, 0.3) is 0 Å². The molecule has 0 saturated carbocycles. The highest BCUT2D eigenvalue weighted by Gasteiger charge is 2.12. The molecule has 0 radical (unpaired) electrons. The van der Waals surface area contributed by atoms with E-state index in [1.165, 1.54) is 0 Å². The zero-order chi connectivity index (χ0) is 6.57. The van der Waals surface area contributed by atoms with E-state index >= 15 is 0 Å². The maximum Gasteiger partial charge on any atom is 0.156 e. The smallest absolute Gasteiger partial charge is 0.156 e. The minimum Gasteiger partial charge on any atom is -0.368 e. The average Bonchev–Trinajstić information content (AvgIpc) is 1.69. The van der Waals surface area contributed by atoms with Crippen LogP contribution < -0.4 is 0 Å². The van der Waals surface area contributed by atoms with E-state index in [2.05, 4.69) is 0 Å². The molecule has 50 valence electrons. The van der Waals surface area contributed by atoms with Crippen molar-refractivity contribution in [1.29, 1.82) is 0 Å². The van der Waals surface area contributed by atoms with Gasteiger partial charge in [0.25, 0.3) is 0 Å². The van der Waals surface area contributed by atoms with Gasteiger partial charge in [0.15, 0.2) is 6.29 Å². The van der Waals surface area contributed by atoms with Gasteiger partial charge in [0, 0.05) is 17.7 Å². The van der Waals surface area contributed by atoms with E-state index in [1.54, 1.807) is 0 Å². The van der Waals surface area contributed by atoms with Gasteiger partial charge in [-0.15, -0.1) is 23.2 Å². The van der Waals surface area contributed by atoms with Crippen LogP contribution in [0, 0.1) is 5.92 Å². The molecule has 0 aromatic carbocycles. The van der Waals surface area contributed by atoms with Gasteiger partial charge in [0.1, 0.15) is 0 Å². The van der Waals surface area contributed by atoms with Crippen LogP contribution in [-0.2, 0) is 0 Å². The number of aliphatic hydroxyl groups is 2. The Labute approximate surface area is 58.0 Å². The Balaban J connectivity index is 3.35. The fourth-order valence-corrected chi connectivity index (χ4v) is 0.849. The largest absolute Gasteiger partial charge is 0.368 e. The number of rotatable bonds is 3. The molecule has 0 unspecified atom stereocenters. The SMILES string of the molecule is OC(O)C(CCl)CCl. The van der Waals surface area contributed by atoms with Gasteiger partial charge in [-0.3, -0.25) is 0 Å². The Kier molecular flexibility index (Phi) is 4.66. The fourth-order valence-electron chi connectivity index (χ4n) is 0.201. The molecule has 0 saturated heterocycles. The van der Waals surface area contributed by atoms with Crippen molar-refractivity contribution in [2.24, 2.45) is 5.92 Å². The highest BCUT2D eigenvalue weighted by molar-refractivity contribution is 6.20. The number of aliphatic hydroxyl groups excluding tert-OH is 1. The molecule has 0 atom stereocenters. The summed E-state index contributed by atoms with van der Waals surface area (Å²) in [6.45, 7) is 0. The van der Waals surface area contributed by atoms with Gasteiger partial charge in [-0.1, -0.05) is 0 Å². The first-order valence-corrected chi connectivity index (χ1v) is 3.27.